The molecule has 2 nitrogen and oxygen atoms in total. The SMILES string of the molecule is CB(C)c1ccc(Oc2cccnc2)cc1. The lowest BCUT2D eigenvalue weighted by Crippen LogP contribution is -2.21. The summed E-state index contributed by atoms with van der Waals surface area (Å²) in [7, 11) is 0. The molecule has 3 heteroatoms. The molecule has 0 unspecified atom stereocenters. The number of pyridine rings is 1. The highest BCUT2D eigenvalue weighted by atomic mass is 16.5. The van der Waals surface area contributed by atoms with Crippen LogP contribution in [0.25, 0.3) is 0 Å². The molecule has 0 amide bonds. The van der Waals surface area contributed by atoms with Crippen molar-refractivity contribution < 1.29 is 4.74 Å². The van der Waals surface area contributed by atoms with Crippen molar-refractivity contribution >= 4 is 12.2 Å². The van der Waals surface area contributed by atoms with E-state index >= 15 is 0 Å². The lowest BCUT2D eigenvalue weighted by atomic mass is 9.49. The third-order valence-electron chi connectivity index (χ3n) is 2.42. The first-order valence-electron chi connectivity index (χ1n) is 5.43. The van der Waals surface area contributed by atoms with Gasteiger partial charge in [-0.05, 0) is 24.3 Å². The topological polar surface area (TPSA) is 22.1 Å². The molecule has 1 heterocycles. The van der Waals surface area contributed by atoms with Crippen LogP contribution in [0.5, 0.6) is 11.5 Å². The molecule has 2 rings (SSSR count). The van der Waals surface area contributed by atoms with Crippen molar-refractivity contribution in [1.82, 2.24) is 4.98 Å². The molecule has 0 aliphatic rings. The van der Waals surface area contributed by atoms with E-state index in [-0.39, 0.29) is 0 Å². The third kappa shape index (κ3) is 2.63. The first kappa shape index (κ1) is 10.7. The molecular weight excluding hydrogens is 197 g/mol. The molecular formula is C13H14BNO. The molecule has 0 fully saturated rings. The van der Waals surface area contributed by atoms with Crippen molar-refractivity contribution in [2.75, 3.05) is 0 Å². The Morgan fingerprint density at radius 2 is 1.75 bits per heavy atom. The van der Waals surface area contributed by atoms with Crippen LogP contribution < -0.4 is 10.2 Å². The predicted octanol–water partition coefficient (Wildman–Crippen LogP) is 2.84. The molecule has 1 aromatic heterocycles. The second-order valence-electron chi connectivity index (χ2n) is 4.01. The average Bonchev–Trinajstić information content (AvgIpc) is 2.31. The maximum atomic E-state index is 5.65. The zero-order valence-electron chi connectivity index (χ0n) is 9.55. The Morgan fingerprint density at radius 1 is 1.00 bits per heavy atom. The molecule has 80 valence electrons. The monoisotopic (exact) mass is 211 g/mol. The van der Waals surface area contributed by atoms with Crippen molar-refractivity contribution in [2.45, 2.75) is 13.6 Å². The Hall–Kier alpha value is -1.77. The summed E-state index contributed by atoms with van der Waals surface area (Å²) in [6.07, 6.45) is 3.44. The molecule has 0 spiro atoms. The fraction of sp³-hybridized carbons (Fsp3) is 0.154. The molecule has 0 saturated carbocycles. The smallest absolute Gasteiger partial charge is 0.169 e. The predicted molar refractivity (Wildman–Crippen MR) is 67.9 cm³/mol. The van der Waals surface area contributed by atoms with Gasteiger partial charge < -0.3 is 4.74 Å². The van der Waals surface area contributed by atoms with E-state index in [1.54, 1.807) is 12.4 Å². The summed E-state index contributed by atoms with van der Waals surface area (Å²) in [6.45, 7) is 4.90. The van der Waals surface area contributed by atoms with E-state index < -0.39 is 0 Å². The highest BCUT2D eigenvalue weighted by molar-refractivity contribution is 6.70. The summed E-state index contributed by atoms with van der Waals surface area (Å²) >= 11 is 0. The fourth-order valence-electron chi connectivity index (χ4n) is 1.46. The van der Waals surface area contributed by atoms with E-state index in [2.05, 4.69) is 30.8 Å². The number of benzene rings is 1. The van der Waals surface area contributed by atoms with Crippen molar-refractivity contribution in [1.29, 1.82) is 0 Å². The Balaban J connectivity index is 2.11. The van der Waals surface area contributed by atoms with Crippen molar-refractivity contribution in [3.63, 3.8) is 0 Å². The van der Waals surface area contributed by atoms with Gasteiger partial charge in [-0.1, -0.05) is 31.2 Å². The normalized spacial score (nSPS) is 9.88. The van der Waals surface area contributed by atoms with Gasteiger partial charge in [-0.15, -0.1) is 0 Å². The minimum atomic E-state index is 0.549. The second kappa shape index (κ2) is 4.84. The van der Waals surface area contributed by atoms with Gasteiger partial charge in [-0.25, -0.2) is 0 Å². The van der Waals surface area contributed by atoms with Gasteiger partial charge in [0.2, 0.25) is 0 Å². The minimum Gasteiger partial charge on any atom is -0.456 e. The van der Waals surface area contributed by atoms with Crippen molar-refractivity contribution in [3.05, 3.63) is 48.8 Å². The van der Waals surface area contributed by atoms with E-state index in [9.17, 15) is 0 Å². The zero-order chi connectivity index (χ0) is 11.4. The first-order valence-corrected chi connectivity index (χ1v) is 5.43. The van der Waals surface area contributed by atoms with Crippen LogP contribution >= 0.6 is 0 Å². The van der Waals surface area contributed by atoms with Gasteiger partial charge in [0.05, 0.1) is 6.20 Å². The van der Waals surface area contributed by atoms with Gasteiger partial charge >= 0.3 is 0 Å². The summed E-state index contributed by atoms with van der Waals surface area (Å²) in [5.41, 5.74) is 1.32. The highest BCUT2D eigenvalue weighted by Gasteiger charge is 2.02. The molecule has 0 atom stereocenters. The maximum Gasteiger partial charge on any atom is 0.169 e. The number of nitrogens with zero attached hydrogens (tertiary/aromatic N) is 1. The van der Waals surface area contributed by atoms with Gasteiger partial charge in [0.1, 0.15) is 11.5 Å². The average molecular weight is 211 g/mol. The molecule has 0 aliphatic heterocycles. The molecule has 0 N–H and O–H groups in total. The Morgan fingerprint density at radius 3 is 2.31 bits per heavy atom. The zero-order valence-corrected chi connectivity index (χ0v) is 9.55. The molecule has 0 aliphatic carbocycles. The van der Waals surface area contributed by atoms with Crippen LogP contribution in [0, 0.1) is 0 Å². The third-order valence-corrected chi connectivity index (χ3v) is 2.42. The standard InChI is InChI=1S/C13H14BNO/c1-14(2)11-5-7-12(8-6-11)16-13-4-3-9-15-10-13/h3-10H,1-2H3. The summed E-state index contributed by atoms with van der Waals surface area (Å²) < 4.78 is 5.65. The Bertz CT molecular complexity index is 439. The van der Waals surface area contributed by atoms with E-state index in [1.807, 2.05) is 24.3 Å². The molecule has 0 saturated heterocycles. The summed E-state index contributed by atoms with van der Waals surface area (Å²) in [4.78, 5) is 4.00. The van der Waals surface area contributed by atoms with Gasteiger partial charge in [0.25, 0.3) is 0 Å². The quantitative estimate of drug-likeness (QED) is 0.728. The largest absolute Gasteiger partial charge is 0.456 e. The van der Waals surface area contributed by atoms with Gasteiger partial charge in [0.15, 0.2) is 6.71 Å². The molecule has 0 radical (unpaired) electrons. The minimum absolute atomic E-state index is 0.549. The fourth-order valence-corrected chi connectivity index (χ4v) is 1.46. The van der Waals surface area contributed by atoms with Crippen LogP contribution in [0.2, 0.25) is 13.6 Å². The van der Waals surface area contributed by atoms with Crippen LogP contribution in [0.3, 0.4) is 0 Å². The number of aromatic nitrogens is 1. The van der Waals surface area contributed by atoms with Crippen LogP contribution in [0.4, 0.5) is 0 Å². The van der Waals surface area contributed by atoms with Gasteiger partial charge in [-0.2, -0.15) is 0 Å². The lowest BCUT2D eigenvalue weighted by molar-refractivity contribution is 0.480. The van der Waals surface area contributed by atoms with Crippen LogP contribution in [0.1, 0.15) is 0 Å². The summed E-state index contributed by atoms with van der Waals surface area (Å²) in [5, 5.41) is 0. The number of rotatable bonds is 3. The number of hydrogen-bond donors (Lipinski definition) is 0. The number of ether oxygens (including phenoxy) is 1. The van der Waals surface area contributed by atoms with Crippen LogP contribution in [-0.4, -0.2) is 11.7 Å². The Labute approximate surface area is 96.4 Å². The van der Waals surface area contributed by atoms with Gasteiger partial charge in [0, 0.05) is 6.20 Å². The summed E-state index contributed by atoms with van der Waals surface area (Å²) in [6, 6.07) is 11.9. The first-order chi connectivity index (χ1) is 7.75. The molecule has 16 heavy (non-hydrogen) atoms. The van der Waals surface area contributed by atoms with E-state index in [4.69, 9.17) is 4.74 Å². The van der Waals surface area contributed by atoms with Gasteiger partial charge in [-0.3, -0.25) is 4.98 Å². The van der Waals surface area contributed by atoms with E-state index in [0.29, 0.717) is 6.71 Å². The second-order valence-corrected chi connectivity index (χ2v) is 4.01. The lowest BCUT2D eigenvalue weighted by Gasteiger charge is -2.06. The number of hydrogen-bond acceptors (Lipinski definition) is 2. The highest BCUT2D eigenvalue weighted by Crippen LogP contribution is 2.18. The van der Waals surface area contributed by atoms with Crippen LogP contribution in [0.15, 0.2) is 48.8 Å². The maximum absolute atomic E-state index is 5.65. The molecule has 1 aromatic carbocycles. The van der Waals surface area contributed by atoms with Crippen molar-refractivity contribution in [3.8, 4) is 11.5 Å². The van der Waals surface area contributed by atoms with Crippen LogP contribution in [-0.2, 0) is 0 Å². The van der Waals surface area contributed by atoms with Crippen molar-refractivity contribution in [2.24, 2.45) is 0 Å². The Kier molecular flexibility index (Phi) is 3.25. The molecule has 2 aromatic rings. The van der Waals surface area contributed by atoms with E-state index in [1.165, 1.54) is 5.46 Å². The summed E-state index contributed by atoms with van der Waals surface area (Å²) in [5.74, 6) is 1.61. The van der Waals surface area contributed by atoms with E-state index in [0.717, 1.165) is 11.5 Å². The molecule has 0 bridgehead atoms.